The third kappa shape index (κ3) is 4.73. The first-order valence-corrected chi connectivity index (χ1v) is 11.0. The lowest BCUT2D eigenvalue weighted by atomic mass is 9.86. The summed E-state index contributed by atoms with van der Waals surface area (Å²) in [6.45, 7) is 1.65. The number of carbonyl (C=O) groups is 2. The van der Waals surface area contributed by atoms with Crippen LogP contribution >= 0.6 is 0 Å². The van der Waals surface area contributed by atoms with E-state index in [1.807, 2.05) is 0 Å². The number of carboxylic acids is 1. The monoisotopic (exact) mass is 475 g/mol. The molecule has 0 saturated heterocycles. The lowest BCUT2D eigenvalue weighted by Crippen LogP contribution is -2.18. The Morgan fingerprint density at radius 1 is 1.12 bits per heavy atom. The van der Waals surface area contributed by atoms with Gasteiger partial charge in [0.15, 0.2) is 0 Å². The number of ether oxygens (including phenoxy) is 1. The average Bonchev–Trinajstić information content (AvgIpc) is 3.36. The average molecular weight is 475 g/mol. The molecule has 1 fully saturated rings. The number of carboxylic acid groups (broad SMARTS) is 1. The Hall–Kier alpha value is -3.49. The molecule has 1 heterocycles. The largest absolute Gasteiger partial charge is 0.573 e. The topological polar surface area (TPSA) is 88.8 Å². The van der Waals surface area contributed by atoms with Gasteiger partial charge < -0.3 is 14.9 Å². The summed E-state index contributed by atoms with van der Waals surface area (Å²) in [5, 5.41) is 20.6. The molecule has 1 aromatic heterocycles. The molecule has 2 N–H and O–H groups in total. The van der Waals surface area contributed by atoms with Gasteiger partial charge in [-0.2, -0.15) is 0 Å². The second-order valence-electron chi connectivity index (χ2n) is 8.69. The molecule has 0 spiro atoms. The summed E-state index contributed by atoms with van der Waals surface area (Å²) in [6, 6.07) is 8.94. The Kier molecular flexibility index (Phi) is 6.29. The van der Waals surface area contributed by atoms with E-state index in [0.717, 1.165) is 37.8 Å². The fourth-order valence-electron chi connectivity index (χ4n) is 4.98. The van der Waals surface area contributed by atoms with Crippen molar-refractivity contribution in [3.8, 4) is 11.5 Å². The number of aliphatic carboxylic acids is 1. The molecule has 0 aliphatic heterocycles. The van der Waals surface area contributed by atoms with Crippen molar-refractivity contribution < 1.29 is 37.7 Å². The maximum absolute atomic E-state index is 13.4. The molecule has 3 aromatic rings. The summed E-state index contributed by atoms with van der Waals surface area (Å²) in [7, 11) is 0. The van der Waals surface area contributed by atoms with Crippen LogP contribution in [-0.2, 0) is 4.79 Å². The number of phenolic OH excluding ortho intramolecular Hbond substituents is 1. The second kappa shape index (κ2) is 9.04. The van der Waals surface area contributed by atoms with Crippen LogP contribution in [0.2, 0.25) is 0 Å². The van der Waals surface area contributed by atoms with E-state index < -0.39 is 29.9 Å². The predicted molar refractivity (Wildman–Crippen MR) is 118 cm³/mol. The molecule has 6 nitrogen and oxygen atoms in total. The highest BCUT2D eigenvalue weighted by atomic mass is 19.4. The molecule has 0 bridgehead atoms. The van der Waals surface area contributed by atoms with Crippen molar-refractivity contribution in [3.05, 3.63) is 59.3 Å². The van der Waals surface area contributed by atoms with Gasteiger partial charge in [0.25, 0.3) is 5.91 Å². The van der Waals surface area contributed by atoms with Gasteiger partial charge in [-0.1, -0.05) is 25.7 Å². The fourth-order valence-corrected chi connectivity index (χ4v) is 4.98. The highest BCUT2D eigenvalue weighted by molar-refractivity contribution is 6.05. The van der Waals surface area contributed by atoms with Crippen LogP contribution in [0.15, 0.2) is 42.5 Å². The maximum Gasteiger partial charge on any atom is 0.573 e. The normalized spacial score (nSPS) is 15.5. The number of nitrogens with zero attached hydrogens (tertiary/aromatic N) is 1. The van der Waals surface area contributed by atoms with Gasteiger partial charge in [-0.05, 0) is 67.3 Å². The summed E-state index contributed by atoms with van der Waals surface area (Å²) >= 11 is 0. The Morgan fingerprint density at radius 2 is 1.76 bits per heavy atom. The molecule has 1 atom stereocenters. The van der Waals surface area contributed by atoms with Crippen LogP contribution in [0, 0.1) is 12.8 Å². The van der Waals surface area contributed by atoms with Crippen molar-refractivity contribution >= 4 is 22.8 Å². The van der Waals surface area contributed by atoms with Crippen molar-refractivity contribution in [1.82, 2.24) is 4.57 Å². The molecule has 1 unspecified atom stereocenters. The van der Waals surface area contributed by atoms with Crippen molar-refractivity contribution in [1.29, 1.82) is 0 Å². The van der Waals surface area contributed by atoms with Gasteiger partial charge in [0.1, 0.15) is 11.5 Å². The summed E-state index contributed by atoms with van der Waals surface area (Å²) in [5.74, 6) is -2.62. The Balaban J connectivity index is 1.78. The fraction of sp³-hybridized carbons (Fsp3) is 0.360. The zero-order chi connectivity index (χ0) is 24.6. The molecule has 2 aromatic carbocycles. The molecule has 1 saturated carbocycles. The number of aromatic hydroxyl groups is 1. The van der Waals surface area contributed by atoms with Crippen molar-refractivity contribution in [2.45, 2.75) is 51.3 Å². The molecule has 4 rings (SSSR count). The van der Waals surface area contributed by atoms with Crippen molar-refractivity contribution in [2.24, 2.45) is 5.92 Å². The molecule has 34 heavy (non-hydrogen) atoms. The molecule has 9 heteroatoms. The molecule has 0 amide bonds. The number of halogens is 3. The second-order valence-corrected chi connectivity index (χ2v) is 8.69. The summed E-state index contributed by atoms with van der Waals surface area (Å²) < 4.78 is 42.6. The van der Waals surface area contributed by atoms with Crippen LogP contribution < -0.4 is 4.74 Å². The van der Waals surface area contributed by atoms with E-state index in [0.29, 0.717) is 28.6 Å². The quantitative estimate of drug-likeness (QED) is 0.457. The zero-order valence-electron chi connectivity index (χ0n) is 18.4. The van der Waals surface area contributed by atoms with E-state index in [1.165, 1.54) is 34.9 Å². The van der Waals surface area contributed by atoms with E-state index >= 15 is 0 Å². The minimum Gasteiger partial charge on any atom is -0.508 e. The van der Waals surface area contributed by atoms with Gasteiger partial charge in [0, 0.05) is 16.6 Å². The third-order valence-corrected chi connectivity index (χ3v) is 6.46. The lowest BCUT2D eigenvalue weighted by Gasteiger charge is -2.18. The SMILES string of the molecule is Cc1c(C(CC2CCCC2)C(=O)O)c2cc(O)ccc2n1C(=O)c1ccc(OC(F)(F)F)cc1. The molecule has 1 aliphatic rings. The maximum atomic E-state index is 13.4. The molecule has 1 aliphatic carbocycles. The van der Waals surface area contributed by atoms with Gasteiger partial charge in [0.05, 0.1) is 11.4 Å². The third-order valence-electron chi connectivity index (χ3n) is 6.46. The van der Waals surface area contributed by atoms with E-state index in [1.54, 1.807) is 6.92 Å². The standard InChI is InChI=1S/C25H24F3NO5/c1-14-22(20(24(32)33)12-15-4-2-3-5-15)19-13-17(30)8-11-21(19)29(14)23(31)16-6-9-18(10-7-16)34-25(26,27)28/h6-11,13,15,20,30H,2-5,12H2,1H3,(H,32,33). The van der Waals surface area contributed by atoms with Crippen molar-refractivity contribution in [2.75, 3.05) is 0 Å². The van der Waals surface area contributed by atoms with Crippen LogP contribution in [-0.4, -0.2) is 33.0 Å². The molecule has 0 radical (unpaired) electrons. The molecular formula is C25H24F3NO5. The van der Waals surface area contributed by atoms with Gasteiger partial charge >= 0.3 is 12.3 Å². The van der Waals surface area contributed by atoms with Gasteiger partial charge in [-0.15, -0.1) is 13.2 Å². The predicted octanol–water partition coefficient (Wildman–Crippen LogP) is 5.99. The number of hydrogen-bond acceptors (Lipinski definition) is 4. The number of carbonyl (C=O) groups excluding carboxylic acids is 1. The van der Waals surface area contributed by atoms with Crippen LogP contribution in [0.1, 0.15) is 59.6 Å². The zero-order valence-corrected chi connectivity index (χ0v) is 18.4. The molecule has 180 valence electrons. The number of hydrogen-bond donors (Lipinski definition) is 2. The summed E-state index contributed by atoms with van der Waals surface area (Å²) in [4.78, 5) is 25.7. The minimum absolute atomic E-state index is 0.0583. The lowest BCUT2D eigenvalue weighted by molar-refractivity contribution is -0.274. The first-order chi connectivity index (χ1) is 16.0. The highest BCUT2D eigenvalue weighted by Gasteiger charge is 2.33. The van der Waals surface area contributed by atoms with Crippen molar-refractivity contribution in [3.63, 3.8) is 0 Å². The number of alkyl halides is 3. The minimum atomic E-state index is -4.85. The van der Waals surface area contributed by atoms with E-state index in [-0.39, 0.29) is 17.2 Å². The highest BCUT2D eigenvalue weighted by Crippen LogP contribution is 2.40. The number of rotatable bonds is 6. The van der Waals surface area contributed by atoms with Crippen LogP contribution in [0.25, 0.3) is 10.9 Å². The van der Waals surface area contributed by atoms with Crippen LogP contribution in [0.5, 0.6) is 11.5 Å². The first-order valence-electron chi connectivity index (χ1n) is 11.0. The number of phenols is 1. The van der Waals surface area contributed by atoms with E-state index in [9.17, 15) is 33.0 Å². The van der Waals surface area contributed by atoms with Gasteiger partial charge in [-0.3, -0.25) is 14.2 Å². The van der Waals surface area contributed by atoms with Crippen LogP contribution in [0.3, 0.4) is 0 Å². The Bertz CT molecular complexity index is 1220. The summed E-state index contributed by atoms with van der Waals surface area (Å²) in [6.07, 6.45) is -0.379. The van der Waals surface area contributed by atoms with E-state index in [2.05, 4.69) is 4.74 Å². The van der Waals surface area contributed by atoms with E-state index in [4.69, 9.17) is 0 Å². The number of benzene rings is 2. The summed E-state index contributed by atoms with van der Waals surface area (Å²) in [5.41, 5.74) is 1.42. The van der Waals surface area contributed by atoms with Gasteiger partial charge in [-0.25, -0.2) is 0 Å². The van der Waals surface area contributed by atoms with Gasteiger partial charge in [0.2, 0.25) is 0 Å². The Morgan fingerprint density at radius 3 is 2.35 bits per heavy atom. The smallest absolute Gasteiger partial charge is 0.508 e. The van der Waals surface area contributed by atoms with Crippen LogP contribution in [0.4, 0.5) is 13.2 Å². The Labute approximate surface area is 193 Å². The first kappa shape index (κ1) is 23.7. The number of aromatic nitrogens is 1. The molecular weight excluding hydrogens is 451 g/mol. The number of fused-ring (bicyclic) bond motifs is 1.